The largest absolute Gasteiger partial charge is 0.484 e. The minimum absolute atomic E-state index is 0.0645. The molecule has 5 nitrogen and oxygen atoms in total. The summed E-state index contributed by atoms with van der Waals surface area (Å²) in [5, 5.41) is 2.76. The molecule has 5 heteroatoms. The van der Waals surface area contributed by atoms with Crippen LogP contribution < -0.4 is 10.1 Å². The molecular formula is C20H23NO4. The van der Waals surface area contributed by atoms with E-state index in [-0.39, 0.29) is 24.9 Å². The van der Waals surface area contributed by atoms with Crippen molar-refractivity contribution in [2.45, 2.75) is 26.2 Å². The maximum Gasteiger partial charge on any atom is 0.309 e. The Labute approximate surface area is 148 Å². The standard InChI is InChI=1S/C20H23NO4/c1-14(2)16-6-10-18(11-7-16)25-13-19(22)21-17-8-4-15(5-9-17)12-20(23)24-3/h4-11,14H,12-13H2,1-3H3,(H,21,22). The lowest BCUT2D eigenvalue weighted by Crippen LogP contribution is -2.20. The number of amides is 1. The number of hydrogen-bond donors (Lipinski definition) is 1. The molecule has 25 heavy (non-hydrogen) atoms. The van der Waals surface area contributed by atoms with Gasteiger partial charge in [-0.2, -0.15) is 0 Å². The molecule has 0 spiro atoms. The van der Waals surface area contributed by atoms with Crippen LogP contribution >= 0.6 is 0 Å². The lowest BCUT2D eigenvalue weighted by Gasteiger charge is -2.10. The monoisotopic (exact) mass is 341 g/mol. The third-order valence-corrected chi connectivity index (χ3v) is 3.73. The Bertz CT molecular complexity index is 705. The van der Waals surface area contributed by atoms with E-state index in [2.05, 4.69) is 23.9 Å². The fraction of sp³-hybridized carbons (Fsp3) is 0.300. The van der Waals surface area contributed by atoms with Crippen LogP contribution in [0.4, 0.5) is 5.69 Å². The van der Waals surface area contributed by atoms with Crippen molar-refractivity contribution >= 4 is 17.6 Å². The number of ether oxygens (including phenoxy) is 2. The minimum Gasteiger partial charge on any atom is -0.484 e. The van der Waals surface area contributed by atoms with Gasteiger partial charge in [-0.15, -0.1) is 0 Å². The number of methoxy groups -OCH3 is 1. The first-order chi connectivity index (χ1) is 12.0. The van der Waals surface area contributed by atoms with E-state index in [1.54, 1.807) is 24.3 Å². The molecule has 2 rings (SSSR count). The van der Waals surface area contributed by atoms with Crippen LogP contribution in [0.2, 0.25) is 0 Å². The third-order valence-electron chi connectivity index (χ3n) is 3.73. The van der Waals surface area contributed by atoms with E-state index in [9.17, 15) is 9.59 Å². The predicted octanol–water partition coefficient (Wildman–Crippen LogP) is 3.54. The van der Waals surface area contributed by atoms with E-state index >= 15 is 0 Å². The molecule has 0 bridgehead atoms. The summed E-state index contributed by atoms with van der Waals surface area (Å²) in [6, 6.07) is 14.8. The van der Waals surface area contributed by atoms with Gasteiger partial charge < -0.3 is 14.8 Å². The Morgan fingerprint density at radius 3 is 2.20 bits per heavy atom. The second-order valence-electron chi connectivity index (χ2n) is 6.01. The van der Waals surface area contributed by atoms with Crippen molar-refractivity contribution in [3.05, 3.63) is 59.7 Å². The van der Waals surface area contributed by atoms with Gasteiger partial charge >= 0.3 is 5.97 Å². The van der Waals surface area contributed by atoms with Crippen LogP contribution in [0, 0.1) is 0 Å². The average molecular weight is 341 g/mol. The molecule has 0 fully saturated rings. The highest BCUT2D eigenvalue weighted by atomic mass is 16.5. The number of anilines is 1. The van der Waals surface area contributed by atoms with Crippen molar-refractivity contribution in [1.29, 1.82) is 0 Å². The second-order valence-corrected chi connectivity index (χ2v) is 6.01. The summed E-state index contributed by atoms with van der Waals surface area (Å²) >= 11 is 0. The number of hydrogen-bond acceptors (Lipinski definition) is 4. The molecule has 1 amide bonds. The fourth-order valence-corrected chi connectivity index (χ4v) is 2.24. The summed E-state index contributed by atoms with van der Waals surface area (Å²) in [5.41, 5.74) is 2.70. The van der Waals surface area contributed by atoms with Crippen molar-refractivity contribution in [2.24, 2.45) is 0 Å². The lowest BCUT2D eigenvalue weighted by atomic mass is 10.0. The van der Waals surface area contributed by atoms with Crippen molar-refractivity contribution in [2.75, 3.05) is 19.0 Å². The van der Waals surface area contributed by atoms with Crippen molar-refractivity contribution < 1.29 is 19.1 Å². The number of esters is 1. The lowest BCUT2D eigenvalue weighted by molar-refractivity contribution is -0.139. The Kier molecular flexibility index (Phi) is 6.57. The molecule has 0 saturated heterocycles. The Morgan fingerprint density at radius 2 is 1.64 bits per heavy atom. The van der Waals surface area contributed by atoms with E-state index in [0.717, 1.165) is 5.56 Å². The molecule has 1 N–H and O–H groups in total. The smallest absolute Gasteiger partial charge is 0.309 e. The summed E-state index contributed by atoms with van der Waals surface area (Å²) in [4.78, 5) is 23.2. The maximum atomic E-state index is 12.0. The minimum atomic E-state index is -0.298. The van der Waals surface area contributed by atoms with E-state index in [0.29, 0.717) is 17.4 Å². The summed E-state index contributed by atoms with van der Waals surface area (Å²) in [7, 11) is 1.35. The normalized spacial score (nSPS) is 10.4. The molecule has 0 aliphatic heterocycles. The number of benzene rings is 2. The molecule has 0 saturated carbocycles. The molecule has 0 aliphatic rings. The van der Waals surface area contributed by atoms with Gasteiger partial charge in [0.25, 0.3) is 5.91 Å². The molecule has 2 aromatic rings. The summed E-state index contributed by atoms with van der Waals surface area (Å²) in [6.07, 6.45) is 0.209. The van der Waals surface area contributed by atoms with Crippen LogP contribution in [0.1, 0.15) is 30.9 Å². The molecule has 0 heterocycles. The van der Waals surface area contributed by atoms with Gasteiger partial charge in [0, 0.05) is 5.69 Å². The molecule has 2 aromatic carbocycles. The molecule has 0 unspecified atom stereocenters. The summed E-state index contributed by atoms with van der Waals surface area (Å²) in [6.45, 7) is 4.18. The van der Waals surface area contributed by atoms with Crippen LogP contribution in [-0.4, -0.2) is 25.6 Å². The van der Waals surface area contributed by atoms with E-state index in [4.69, 9.17) is 4.74 Å². The summed E-state index contributed by atoms with van der Waals surface area (Å²) in [5.74, 6) is 0.579. The van der Waals surface area contributed by atoms with Gasteiger partial charge in [0.2, 0.25) is 0 Å². The van der Waals surface area contributed by atoms with Crippen LogP contribution in [-0.2, 0) is 20.7 Å². The highest BCUT2D eigenvalue weighted by molar-refractivity contribution is 5.91. The molecular weight excluding hydrogens is 318 g/mol. The zero-order valence-corrected chi connectivity index (χ0v) is 14.7. The third kappa shape index (κ3) is 5.95. The number of carbonyl (C=O) groups is 2. The van der Waals surface area contributed by atoms with Gasteiger partial charge in [-0.05, 0) is 41.3 Å². The summed E-state index contributed by atoms with van der Waals surface area (Å²) < 4.78 is 10.1. The fourth-order valence-electron chi connectivity index (χ4n) is 2.24. The van der Waals surface area contributed by atoms with E-state index < -0.39 is 0 Å². The zero-order chi connectivity index (χ0) is 18.2. The van der Waals surface area contributed by atoms with E-state index in [1.165, 1.54) is 12.7 Å². The SMILES string of the molecule is COC(=O)Cc1ccc(NC(=O)COc2ccc(C(C)C)cc2)cc1. The van der Waals surface area contributed by atoms with E-state index in [1.807, 2.05) is 24.3 Å². The topological polar surface area (TPSA) is 64.6 Å². The van der Waals surface area contributed by atoms with Crippen LogP contribution in [0.5, 0.6) is 5.75 Å². The predicted molar refractivity (Wildman–Crippen MR) is 96.8 cm³/mol. The Balaban J connectivity index is 1.82. The first-order valence-electron chi connectivity index (χ1n) is 8.16. The first-order valence-corrected chi connectivity index (χ1v) is 8.16. The van der Waals surface area contributed by atoms with Gasteiger partial charge in [-0.25, -0.2) is 0 Å². The van der Waals surface area contributed by atoms with Crippen molar-refractivity contribution in [3.63, 3.8) is 0 Å². The van der Waals surface area contributed by atoms with Gasteiger partial charge in [0.05, 0.1) is 13.5 Å². The molecule has 0 atom stereocenters. The van der Waals surface area contributed by atoms with Crippen LogP contribution in [0.15, 0.2) is 48.5 Å². The number of nitrogens with one attached hydrogen (secondary N) is 1. The number of rotatable bonds is 7. The van der Waals surface area contributed by atoms with Crippen LogP contribution in [0.3, 0.4) is 0 Å². The van der Waals surface area contributed by atoms with Gasteiger partial charge in [0.1, 0.15) is 5.75 Å². The molecule has 132 valence electrons. The quantitative estimate of drug-likeness (QED) is 0.782. The highest BCUT2D eigenvalue weighted by Gasteiger charge is 2.06. The van der Waals surface area contributed by atoms with Crippen LogP contribution in [0.25, 0.3) is 0 Å². The van der Waals surface area contributed by atoms with Crippen molar-refractivity contribution in [3.8, 4) is 5.75 Å². The van der Waals surface area contributed by atoms with Gasteiger partial charge in [-0.3, -0.25) is 9.59 Å². The molecule has 0 aromatic heterocycles. The highest BCUT2D eigenvalue weighted by Crippen LogP contribution is 2.18. The molecule has 0 radical (unpaired) electrons. The second kappa shape index (κ2) is 8.87. The Morgan fingerprint density at radius 1 is 1.00 bits per heavy atom. The van der Waals surface area contributed by atoms with Gasteiger partial charge in [-0.1, -0.05) is 38.1 Å². The number of carbonyl (C=O) groups excluding carboxylic acids is 2. The average Bonchev–Trinajstić information content (AvgIpc) is 2.62. The first kappa shape index (κ1) is 18.5. The van der Waals surface area contributed by atoms with Gasteiger partial charge in [0.15, 0.2) is 6.61 Å². The maximum absolute atomic E-state index is 12.0. The molecule has 0 aliphatic carbocycles. The Hall–Kier alpha value is -2.82. The zero-order valence-electron chi connectivity index (χ0n) is 14.7. The van der Waals surface area contributed by atoms with Crippen molar-refractivity contribution in [1.82, 2.24) is 0 Å².